The summed E-state index contributed by atoms with van der Waals surface area (Å²) in [5.41, 5.74) is 6.37. The third-order valence-electron chi connectivity index (χ3n) is 3.87. The van der Waals surface area contributed by atoms with E-state index in [1.807, 2.05) is 12.4 Å². The van der Waals surface area contributed by atoms with Crippen LogP contribution in [0, 0.1) is 11.8 Å². The van der Waals surface area contributed by atoms with Crippen molar-refractivity contribution in [1.29, 1.82) is 0 Å². The highest BCUT2D eigenvalue weighted by Gasteiger charge is 2.27. The number of aromatic nitrogens is 2. The summed E-state index contributed by atoms with van der Waals surface area (Å²) < 4.78 is 2.17. The van der Waals surface area contributed by atoms with Gasteiger partial charge in [-0.2, -0.15) is 0 Å². The highest BCUT2D eigenvalue weighted by atomic mass is 15.1. The van der Waals surface area contributed by atoms with Crippen LogP contribution in [-0.4, -0.2) is 9.55 Å². The van der Waals surface area contributed by atoms with E-state index >= 15 is 0 Å². The fourth-order valence-corrected chi connectivity index (χ4v) is 2.90. The van der Waals surface area contributed by atoms with Gasteiger partial charge < -0.3 is 10.3 Å². The Morgan fingerprint density at radius 1 is 1.56 bits per heavy atom. The minimum absolute atomic E-state index is 0.123. The summed E-state index contributed by atoms with van der Waals surface area (Å²) in [5.74, 6) is 2.52. The molecular weight excluding hydrogens is 198 g/mol. The van der Waals surface area contributed by atoms with Gasteiger partial charge >= 0.3 is 0 Å². The molecule has 1 aliphatic carbocycles. The average molecular weight is 221 g/mol. The molecule has 90 valence electrons. The second kappa shape index (κ2) is 5.00. The van der Waals surface area contributed by atoms with E-state index in [0.717, 1.165) is 18.3 Å². The highest BCUT2D eigenvalue weighted by molar-refractivity contribution is 5.01. The average Bonchev–Trinajstić information content (AvgIpc) is 2.76. The predicted octanol–water partition coefficient (Wildman–Crippen LogP) is 2.73. The summed E-state index contributed by atoms with van der Waals surface area (Å²) in [7, 11) is 0. The van der Waals surface area contributed by atoms with Gasteiger partial charge in [0, 0.05) is 18.9 Å². The van der Waals surface area contributed by atoms with E-state index < -0.39 is 0 Å². The maximum absolute atomic E-state index is 6.37. The zero-order chi connectivity index (χ0) is 11.5. The molecule has 16 heavy (non-hydrogen) atoms. The van der Waals surface area contributed by atoms with Crippen LogP contribution in [0.2, 0.25) is 0 Å². The Labute approximate surface area is 98.1 Å². The van der Waals surface area contributed by atoms with E-state index in [2.05, 4.69) is 23.4 Å². The first-order chi connectivity index (χ1) is 7.72. The Hall–Kier alpha value is -0.830. The van der Waals surface area contributed by atoms with Crippen LogP contribution in [0.5, 0.6) is 0 Å². The lowest BCUT2D eigenvalue weighted by molar-refractivity contribution is 0.240. The van der Waals surface area contributed by atoms with Crippen LogP contribution in [0.25, 0.3) is 0 Å². The molecule has 2 rings (SSSR count). The molecular formula is C13H23N3. The Balaban J connectivity index is 2.09. The normalized spacial score (nSPS) is 27.9. The van der Waals surface area contributed by atoms with Gasteiger partial charge in [-0.3, -0.25) is 0 Å². The summed E-state index contributed by atoms with van der Waals surface area (Å²) in [4.78, 5) is 4.43. The minimum Gasteiger partial charge on any atom is -0.334 e. The van der Waals surface area contributed by atoms with Gasteiger partial charge in [-0.15, -0.1) is 0 Å². The molecule has 0 aliphatic heterocycles. The molecule has 3 nitrogen and oxygen atoms in total. The van der Waals surface area contributed by atoms with Gasteiger partial charge in [-0.05, 0) is 31.6 Å². The molecule has 1 aliphatic rings. The van der Waals surface area contributed by atoms with E-state index in [9.17, 15) is 0 Å². The summed E-state index contributed by atoms with van der Waals surface area (Å²) in [6.45, 7) is 5.44. The van der Waals surface area contributed by atoms with E-state index in [1.54, 1.807) is 0 Å². The summed E-state index contributed by atoms with van der Waals surface area (Å²) in [6, 6.07) is 0.123. The van der Waals surface area contributed by atoms with Gasteiger partial charge in [0.15, 0.2) is 0 Å². The Morgan fingerprint density at radius 3 is 3.06 bits per heavy atom. The first-order valence-electron chi connectivity index (χ1n) is 6.49. The van der Waals surface area contributed by atoms with Crippen molar-refractivity contribution in [3.63, 3.8) is 0 Å². The smallest absolute Gasteiger partial charge is 0.125 e. The SMILES string of the molecule is CCn1ccnc1C(N)C1CCCC(C)C1. The highest BCUT2D eigenvalue weighted by Crippen LogP contribution is 2.35. The number of hydrogen-bond donors (Lipinski definition) is 1. The molecule has 0 spiro atoms. The Morgan fingerprint density at radius 2 is 2.38 bits per heavy atom. The molecule has 0 bridgehead atoms. The maximum atomic E-state index is 6.37. The fraction of sp³-hybridized carbons (Fsp3) is 0.769. The van der Waals surface area contributed by atoms with E-state index in [1.165, 1.54) is 25.7 Å². The predicted molar refractivity (Wildman–Crippen MR) is 66.0 cm³/mol. The van der Waals surface area contributed by atoms with Gasteiger partial charge in [0.2, 0.25) is 0 Å². The topological polar surface area (TPSA) is 43.8 Å². The maximum Gasteiger partial charge on any atom is 0.125 e. The third-order valence-corrected chi connectivity index (χ3v) is 3.87. The summed E-state index contributed by atoms with van der Waals surface area (Å²) >= 11 is 0. The molecule has 3 unspecified atom stereocenters. The molecule has 1 saturated carbocycles. The van der Waals surface area contributed by atoms with Gasteiger partial charge in [0.25, 0.3) is 0 Å². The van der Waals surface area contributed by atoms with Crippen molar-refractivity contribution in [3.05, 3.63) is 18.2 Å². The lowest BCUT2D eigenvalue weighted by Crippen LogP contribution is -2.28. The number of rotatable bonds is 3. The van der Waals surface area contributed by atoms with E-state index in [0.29, 0.717) is 5.92 Å². The van der Waals surface area contributed by atoms with Gasteiger partial charge in [0.05, 0.1) is 6.04 Å². The molecule has 0 radical (unpaired) electrons. The summed E-state index contributed by atoms with van der Waals surface area (Å²) in [6.07, 6.45) is 9.12. The van der Waals surface area contributed by atoms with Gasteiger partial charge in [-0.25, -0.2) is 4.98 Å². The van der Waals surface area contributed by atoms with Crippen LogP contribution in [0.1, 0.15) is 51.4 Å². The third kappa shape index (κ3) is 2.29. The molecule has 1 aromatic heterocycles. The van der Waals surface area contributed by atoms with E-state index in [-0.39, 0.29) is 6.04 Å². The molecule has 1 aromatic rings. The van der Waals surface area contributed by atoms with Crippen LogP contribution in [0.15, 0.2) is 12.4 Å². The van der Waals surface area contributed by atoms with Crippen LogP contribution in [0.4, 0.5) is 0 Å². The van der Waals surface area contributed by atoms with Crippen molar-refractivity contribution in [2.75, 3.05) is 0 Å². The quantitative estimate of drug-likeness (QED) is 0.853. The van der Waals surface area contributed by atoms with Crippen molar-refractivity contribution >= 4 is 0 Å². The minimum atomic E-state index is 0.123. The second-order valence-corrected chi connectivity index (χ2v) is 5.13. The fourth-order valence-electron chi connectivity index (χ4n) is 2.90. The standard InChI is InChI=1S/C13H23N3/c1-3-16-8-7-15-13(16)12(14)11-6-4-5-10(2)9-11/h7-8,10-12H,3-6,9,14H2,1-2H3. The Bertz CT molecular complexity index is 332. The molecule has 0 amide bonds. The van der Waals surface area contributed by atoms with Crippen LogP contribution < -0.4 is 5.73 Å². The first-order valence-corrected chi connectivity index (χ1v) is 6.49. The van der Waals surface area contributed by atoms with Crippen LogP contribution in [0.3, 0.4) is 0 Å². The molecule has 1 heterocycles. The number of aryl methyl sites for hydroxylation is 1. The first kappa shape index (κ1) is 11.6. The molecule has 3 atom stereocenters. The van der Waals surface area contributed by atoms with Crippen molar-refractivity contribution in [2.45, 2.75) is 52.1 Å². The zero-order valence-electron chi connectivity index (χ0n) is 10.4. The number of nitrogens with zero attached hydrogens (tertiary/aromatic N) is 2. The lowest BCUT2D eigenvalue weighted by atomic mass is 9.78. The number of nitrogens with two attached hydrogens (primary N) is 1. The van der Waals surface area contributed by atoms with Crippen molar-refractivity contribution in [3.8, 4) is 0 Å². The van der Waals surface area contributed by atoms with Crippen molar-refractivity contribution in [1.82, 2.24) is 9.55 Å². The lowest BCUT2D eigenvalue weighted by Gasteiger charge is -2.31. The monoisotopic (exact) mass is 221 g/mol. The van der Waals surface area contributed by atoms with Gasteiger partial charge in [-0.1, -0.05) is 19.8 Å². The number of hydrogen-bond acceptors (Lipinski definition) is 2. The molecule has 3 heteroatoms. The molecule has 0 saturated heterocycles. The number of imidazole rings is 1. The van der Waals surface area contributed by atoms with E-state index in [4.69, 9.17) is 5.73 Å². The van der Waals surface area contributed by atoms with Crippen molar-refractivity contribution in [2.24, 2.45) is 17.6 Å². The zero-order valence-corrected chi connectivity index (χ0v) is 10.4. The molecule has 0 aromatic carbocycles. The molecule has 2 N–H and O–H groups in total. The largest absolute Gasteiger partial charge is 0.334 e. The second-order valence-electron chi connectivity index (χ2n) is 5.13. The molecule has 1 fully saturated rings. The van der Waals surface area contributed by atoms with Crippen LogP contribution in [-0.2, 0) is 6.54 Å². The van der Waals surface area contributed by atoms with Gasteiger partial charge in [0.1, 0.15) is 5.82 Å². The van der Waals surface area contributed by atoms with Crippen LogP contribution >= 0.6 is 0 Å². The Kier molecular flexibility index (Phi) is 3.64. The summed E-state index contributed by atoms with van der Waals surface area (Å²) in [5, 5.41) is 0. The van der Waals surface area contributed by atoms with Crippen molar-refractivity contribution < 1.29 is 0 Å².